The lowest BCUT2D eigenvalue weighted by atomic mass is 10.1. The van der Waals surface area contributed by atoms with Gasteiger partial charge < -0.3 is 5.73 Å². The predicted molar refractivity (Wildman–Crippen MR) is 81.2 cm³/mol. The van der Waals surface area contributed by atoms with Gasteiger partial charge in [0.15, 0.2) is 0 Å². The van der Waals surface area contributed by atoms with Crippen LogP contribution in [0.15, 0.2) is 35.4 Å². The van der Waals surface area contributed by atoms with Crippen LogP contribution in [0.5, 0.6) is 0 Å². The van der Waals surface area contributed by atoms with Crippen LogP contribution in [0.25, 0.3) is 0 Å². The van der Waals surface area contributed by atoms with Crippen LogP contribution >= 0.6 is 0 Å². The molecule has 1 aromatic carbocycles. The van der Waals surface area contributed by atoms with Crippen LogP contribution in [0.4, 0.5) is 0 Å². The van der Waals surface area contributed by atoms with Crippen molar-refractivity contribution in [1.29, 1.82) is 0 Å². The molecule has 0 aliphatic rings. The average Bonchev–Trinajstić information content (AvgIpc) is 2.83. The van der Waals surface area contributed by atoms with Crippen LogP contribution < -0.4 is 10.5 Å². The molecule has 114 valence electrons. The minimum Gasteiger partial charge on any atom is -0.326 e. The number of hydrogen-bond acceptors (Lipinski definition) is 4. The number of sulfonamides is 1. The maximum atomic E-state index is 12.3. The van der Waals surface area contributed by atoms with Crippen molar-refractivity contribution >= 4 is 10.0 Å². The second-order valence-electron chi connectivity index (χ2n) is 4.90. The molecule has 1 aromatic heterocycles. The predicted octanol–water partition coefficient (Wildman–Crippen LogP) is 0.708. The molecule has 0 atom stereocenters. The molecule has 6 nitrogen and oxygen atoms in total. The highest BCUT2D eigenvalue weighted by molar-refractivity contribution is 7.89. The van der Waals surface area contributed by atoms with Crippen LogP contribution in [-0.4, -0.2) is 24.7 Å². The van der Waals surface area contributed by atoms with E-state index in [0.717, 1.165) is 11.3 Å². The summed E-state index contributed by atoms with van der Waals surface area (Å²) in [5, 5.41) is 4.05. The lowest BCUT2D eigenvalue weighted by Crippen LogP contribution is -2.27. The fraction of sp³-hybridized carbons (Fsp3) is 0.357. The first-order valence-corrected chi connectivity index (χ1v) is 8.18. The van der Waals surface area contributed by atoms with Crippen molar-refractivity contribution in [3.8, 4) is 0 Å². The lowest BCUT2D eigenvalue weighted by Gasteiger charge is -2.10. The molecule has 0 bridgehead atoms. The normalized spacial score (nSPS) is 11.8. The number of hydrogen-bond donors (Lipinski definition) is 2. The molecule has 0 spiro atoms. The molecule has 2 rings (SSSR count). The molecule has 0 radical (unpaired) electrons. The molecular formula is C14H20N4O2S. The SMILES string of the molecule is Cc1cc(CN)ccc1S(=O)(=O)NCCc1ccnn1C. The average molecular weight is 308 g/mol. The Bertz CT molecular complexity index is 722. The minimum atomic E-state index is -3.50. The highest BCUT2D eigenvalue weighted by Crippen LogP contribution is 2.16. The van der Waals surface area contributed by atoms with Gasteiger partial charge in [-0.2, -0.15) is 5.10 Å². The van der Waals surface area contributed by atoms with E-state index in [-0.39, 0.29) is 0 Å². The highest BCUT2D eigenvalue weighted by Gasteiger charge is 2.16. The third kappa shape index (κ3) is 3.69. The van der Waals surface area contributed by atoms with Gasteiger partial charge in [0.1, 0.15) is 0 Å². The number of nitrogens with zero attached hydrogens (tertiary/aromatic N) is 2. The summed E-state index contributed by atoms with van der Waals surface area (Å²) in [5.74, 6) is 0. The Morgan fingerprint density at radius 3 is 2.67 bits per heavy atom. The van der Waals surface area contributed by atoms with Gasteiger partial charge in [-0.05, 0) is 30.2 Å². The van der Waals surface area contributed by atoms with E-state index in [0.29, 0.717) is 30.0 Å². The largest absolute Gasteiger partial charge is 0.326 e. The maximum absolute atomic E-state index is 12.3. The fourth-order valence-electron chi connectivity index (χ4n) is 2.18. The van der Waals surface area contributed by atoms with Crippen molar-refractivity contribution in [1.82, 2.24) is 14.5 Å². The quantitative estimate of drug-likeness (QED) is 0.822. The fourth-order valence-corrected chi connectivity index (χ4v) is 3.43. The molecule has 21 heavy (non-hydrogen) atoms. The zero-order chi connectivity index (χ0) is 15.5. The Morgan fingerprint density at radius 2 is 2.10 bits per heavy atom. The number of nitrogens with one attached hydrogen (secondary N) is 1. The first-order chi connectivity index (χ1) is 9.94. The first kappa shape index (κ1) is 15.7. The molecule has 0 amide bonds. The first-order valence-electron chi connectivity index (χ1n) is 6.70. The van der Waals surface area contributed by atoms with Gasteiger partial charge in [-0.3, -0.25) is 4.68 Å². The Morgan fingerprint density at radius 1 is 1.33 bits per heavy atom. The van der Waals surface area contributed by atoms with E-state index in [2.05, 4.69) is 9.82 Å². The number of nitrogens with two attached hydrogens (primary N) is 1. The van der Waals surface area contributed by atoms with E-state index in [1.165, 1.54) is 0 Å². The van der Waals surface area contributed by atoms with Crippen molar-refractivity contribution in [2.45, 2.75) is 24.8 Å². The standard InChI is InChI=1S/C14H20N4O2S/c1-11-9-12(10-15)3-4-14(11)21(19,20)17-8-6-13-5-7-16-18(13)2/h3-5,7,9,17H,6,8,10,15H2,1-2H3. The third-order valence-corrected chi connectivity index (χ3v) is 4.98. The Labute approximate surface area is 125 Å². The Balaban J connectivity index is 2.06. The van der Waals surface area contributed by atoms with Gasteiger partial charge in [0, 0.05) is 38.4 Å². The van der Waals surface area contributed by atoms with E-state index in [1.54, 1.807) is 36.0 Å². The summed E-state index contributed by atoms with van der Waals surface area (Å²) in [4.78, 5) is 0.296. The summed E-state index contributed by atoms with van der Waals surface area (Å²) < 4.78 is 29.0. The van der Waals surface area contributed by atoms with E-state index in [1.807, 2.05) is 13.1 Å². The summed E-state index contributed by atoms with van der Waals surface area (Å²) in [7, 11) is -1.67. The molecule has 0 unspecified atom stereocenters. The highest BCUT2D eigenvalue weighted by atomic mass is 32.2. The Kier molecular flexibility index (Phi) is 4.76. The summed E-state index contributed by atoms with van der Waals surface area (Å²) in [6.07, 6.45) is 2.29. The molecule has 0 saturated carbocycles. The smallest absolute Gasteiger partial charge is 0.240 e. The molecule has 3 N–H and O–H groups in total. The van der Waals surface area contributed by atoms with Crippen LogP contribution in [0.2, 0.25) is 0 Å². The minimum absolute atomic E-state index is 0.296. The molecule has 0 aliphatic heterocycles. The molecular weight excluding hydrogens is 288 g/mol. The topological polar surface area (TPSA) is 90.0 Å². The molecule has 0 saturated heterocycles. The van der Waals surface area contributed by atoms with Gasteiger partial charge >= 0.3 is 0 Å². The summed E-state index contributed by atoms with van der Waals surface area (Å²) >= 11 is 0. The number of aromatic nitrogens is 2. The van der Waals surface area contributed by atoms with Crippen LogP contribution in [0, 0.1) is 6.92 Å². The number of benzene rings is 1. The van der Waals surface area contributed by atoms with Crippen molar-refractivity contribution in [2.24, 2.45) is 12.8 Å². The van der Waals surface area contributed by atoms with Gasteiger partial charge in [-0.25, -0.2) is 13.1 Å². The number of rotatable bonds is 6. The van der Waals surface area contributed by atoms with Gasteiger partial charge in [0.25, 0.3) is 0 Å². The van der Waals surface area contributed by atoms with E-state index < -0.39 is 10.0 Å². The zero-order valence-electron chi connectivity index (χ0n) is 12.2. The van der Waals surface area contributed by atoms with Crippen molar-refractivity contribution in [3.05, 3.63) is 47.3 Å². The molecule has 1 heterocycles. The van der Waals surface area contributed by atoms with E-state index >= 15 is 0 Å². The summed E-state index contributed by atoms with van der Waals surface area (Å²) in [6.45, 7) is 2.50. The van der Waals surface area contributed by atoms with Crippen molar-refractivity contribution in [3.63, 3.8) is 0 Å². The lowest BCUT2D eigenvalue weighted by molar-refractivity contribution is 0.579. The monoisotopic (exact) mass is 308 g/mol. The summed E-state index contributed by atoms with van der Waals surface area (Å²) in [5.41, 5.74) is 8.15. The maximum Gasteiger partial charge on any atom is 0.240 e. The van der Waals surface area contributed by atoms with Crippen LogP contribution in [-0.2, 0) is 30.0 Å². The molecule has 0 fully saturated rings. The van der Waals surface area contributed by atoms with Crippen molar-refractivity contribution in [2.75, 3.05) is 6.54 Å². The van der Waals surface area contributed by atoms with Crippen molar-refractivity contribution < 1.29 is 8.42 Å². The van der Waals surface area contributed by atoms with Crippen LogP contribution in [0.3, 0.4) is 0 Å². The van der Waals surface area contributed by atoms with Gasteiger partial charge in [-0.1, -0.05) is 12.1 Å². The van der Waals surface area contributed by atoms with Gasteiger partial charge in [-0.15, -0.1) is 0 Å². The second-order valence-corrected chi connectivity index (χ2v) is 6.63. The molecule has 7 heteroatoms. The van der Waals surface area contributed by atoms with Gasteiger partial charge in [0.2, 0.25) is 10.0 Å². The number of aryl methyl sites for hydroxylation is 2. The van der Waals surface area contributed by atoms with Crippen LogP contribution in [0.1, 0.15) is 16.8 Å². The molecule has 2 aromatic rings. The zero-order valence-corrected chi connectivity index (χ0v) is 13.0. The van der Waals surface area contributed by atoms with E-state index in [9.17, 15) is 8.42 Å². The van der Waals surface area contributed by atoms with Gasteiger partial charge in [0.05, 0.1) is 4.90 Å². The summed E-state index contributed by atoms with van der Waals surface area (Å²) in [6, 6.07) is 7.01. The second kappa shape index (κ2) is 6.38. The Hall–Kier alpha value is -1.70. The third-order valence-electron chi connectivity index (χ3n) is 3.36. The van der Waals surface area contributed by atoms with E-state index in [4.69, 9.17) is 5.73 Å². The molecule has 0 aliphatic carbocycles.